The van der Waals surface area contributed by atoms with Gasteiger partial charge in [-0.2, -0.15) is 0 Å². The Morgan fingerprint density at radius 2 is 2.06 bits per heavy atom. The predicted molar refractivity (Wildman–Crippen MR) is 64.9 cm³/mol. The van der Waals surface area contributed by atoms with Gasteiger partial charge in [0.05, 0.1) is 12.6 Å². The molecule has 0 bridgehead atoms. The summed E-state index contributed by atoms with van der Waals surface area (Å²) in [4.78, 5) is 11.1. The van der Waals surface area contributed by atoms with E-state index >= 15 is 0 Å². The van der Waals surface area contributed by atoms with Crippen molar-refractivity contribution < 1.29 is 9.53 Å². The molecule has 88 valence electrons. The van der Waals surface area contributed by atoms with Crippen LogP contribution < -0.4 is 10.1 Å². The summed E-state index contributed by atoms with van der Waals surface area (Å²) in [5, 5.41) is 2.79. The summed E-state index contributed by atoms with van der Waals surface area (Å²) in [7, 11) is 0. The van der Waals surface area contributed by atoms with Crippen LogP contribution in [0.2, 0.25) is 0 Å². The summed E-state index contributed by atoms with van der Waals surface area (Å²) in [6.45, 7) is 4.51. The van der Waals surface area contributed by atoms with Crippen molar-refractivity contribution in [2.24, 2.45) is 0 Å². The Morgan fingerprint density at radius 1 is 1.44 bits per heavy atom. The molecule has 0 aliphatic rings. The van der Waals surface area contributed by atoms with Crippen molar-refractivity contribution in [1.82, 2.24) is 5.32 Å². The molecule has 1 rings (SSSR count). The van der Waals surface area contributed by atoms with Crippen molar-refractivity contribution in [3.8, 4) is 5.75 Å². The highest BCUT2D eigenvalue weighted by molar-refractivity contribution is 6.27. The molecule has 0 aliphatic heterocycles. The number of carbonyl (C=O) groups is 1. The number of amides is 1. The number of alkyl halides is 1. The van der Waals surface area contributed by atoms with E-state index in [0.717, 1.165) is 11.3 Å². The van der Waals surface area contributed by atoms with Gasteiger partial charge in [-0.3, -0.25) is 4.79 Å². The van der Waals surface area contributed by atoms with E-state index in [4.69, 9.17) is 16.3 Å². The molecule has 4 heteroatoms. The van der Waals surface area contributed by atoms with Crippen molar-refractivity contribution in [2.75, 3.05) is 12.5 Å². The molecule has 0 aliphatic carbocycles. The fraction of sp³-hybridized carbons (Fsp3) is 0.417. The van der Waals surface area contributed by atoms with Gasteiger partial charge in [-0.15, -0.1) is 11.6 Å². The smallest absolute Gasteiger partial charge is 0.235 e. The molecule has 1 aromatic rings. The Hall–Kier alpha value is -1.22. The van der Waals surface area contributed by atoms with Gasteiger partial charge < -0.3 is 10.1 Å². The summed E-state index contributed by atoms with van der Waals surface area (Å²) in [5.41, 5.74) is 1.03. The average Bonchev–Trinajstić information content (AvgIpc) is 2.30. The highest BCUT2D eigenvalue weighted by Crippen LogP contribution is 2.17. The molecule has 3 nitrogen and oxygen atoms in total. The van der Waals surface area contributed by atoms with Gasteiger partial charge in [-0.25, -0.2) is 0 Å². The Kier molecular flexibility index (Phi) is 5.12. The number of carbonyl (C=O) groups excluding carboxylic acids is 1. The molecule has 1 amide bonds. The molecule has 0 spiro atoms. The lowest BCUT2D eigenvalue weighted by Gasteiger charge is -2.13. The number of hydrogen-bond donors (Lipinski definition) is 1. The van der Waals surface area contributed by atoms with Crippen molar-refractivity contribution in [3.63, 3.8) is 0 Å². The number of benzene rings is 1. The zero-order valence-electron chi connectivity index (χ0n) is 9.50. The maximum absolute atomic E-state index is 11.1. The second-order valence-corrected chi connectivity index (χ2v) is 3.69. The number of halogens is 1. The maximum atomic E-state index is 11.1. The van der Waals surface area contributed by atoms with Gasteiger partial charge in [-0.05, 0) is 31.5 Å². The van der Waals surface area contributed by atoms with Crippen molar-refractivity contribution in [3.05, 3.63) is 29.8 Å². The van der Waals surface area contributed by atoms with E-state index in [1.54, 1.807) is 0 Å². The molecule has 0 radical (unpaired) electrons. The summed E-state index contributed by atoms with van der Waals surface area (Å²) < 4.78 is 5.33. The van der Waals surface area contributed by atoms with Crippen LogP contribution in [0.3, 0.4) is 0 Å². The van der Waals surface area contributed by atoms with E-state index < -0.39 is 0 Å². The van der Waals surface area contributed by atoms with Gasteiger partial charge in [0.15, 0.2) is 0 Å². The van der Waals surface area contributed by atoms with Gasteiger partial charge in [0.25, 0.3) is 0 Å². The minimum Gasteiger partial charge on any atom is -0.494 e. The van der Waals surface area contributed by atoms with Gasteiger partial charge in [-0.1, -0.05) is 12.1 Å². The molecule has 0 aromatic heterocycles. The Labute approximate surface area is 101 Å². The largest absolute Gasteiger partial charge is 0.494 e. The fourth-order valence-corrected chi connectivity index (χ4v) is 1.46. The molecular formula is C12H16ClNO2. The van der Waals surface area contributed by atoms with Crippen LogP contribution in [0.15, 0.2) is 24.3 Å². The van der Waals surface area contributed by atoms with Crippen LogP contribution >= 0.6 is 11.6 Å². The monoisotopic (exact) mass is 241 g/mol. The van der Waals surface area contributed by atoms with E-state index in [-0.39, 0.29) is 17.8 Å². The molecular weight excluding hydrogens is 226 g/mol. The van der Waals surface area contributed by atoms with Crippen LogP contribution in [0.4, 0.5) is 0 Å². The normalized spacial score (nSPS) is 11.9. The number of ether oxygens (including phenoxy) is 1. The van der Waals surface area contributed by atoms with Crippen molar-refractivity contribution in [2.45, 2.75) is 19.9 Å². The topological polar surface area (TPSA) is 38.3 Å². The molecule has 16 heavy (non-hydrogen) atoms. The lowest BCUT2D eigenvalue weighted by molar-refractivity contribution is -0.119. The Balaban J connectivity index is 2.62. The van der Waals surface area contributed by atoms with Crippen LogP contribution in [0.5, 0.6) is 5.75 Å². The summed E-state index contributed by atoms with van der Waals surface area (Å²) in [5.74, 6) is 0.659. The zero-order valence-corrected chi connectivity index (χ0v) is 10.3. The van der Waals surface area contributed by atoms with Crippen LogP contribution in [0, 0.1) is 0 Å². The van der Waals surface area contributed by atoms with Crippen molar-refractivity contribution >= 4 is 17.5 Å². The van der Waals surface area contributed by atoms with Crippen LogP contribution in [0.1, 0.15) is 25.5 Å². The minimum absolute atomic E-state index is 0.0125. The van der Waals surface area contributed by atoms with E-state index in [0.29, 0.717) is 6.61 Å². The molecule has 0 saturated heterocycles. The molecule has 0 saturated carbocycles. The molecule has 1 aromatic carbocycles. The average molecular weight is 242 g/mol. The summed E-state index contributed by atoms with van der Waals surface area (Å²) in [6, 6.07) is 7.61. The van der Waals surface area contributed by atoms with Gasteiger partial charge in [0.1, 0.15) is 11.6 Å². The molecule has 1 N–H and O–H groups in total. The van der Waals surface area contributed by atoms with Crippen LogP contribution in [0.25, 0.3) is 0 Å². The Morgan fingerprint density at radius 3 is 2.56 bits per heavy atom. The first-order chi connectivity index (χ1) is 7.67. The highest BCUT2D eigenvalue weighted by Gasteiger charge is 2.08. The Bertz CT molecular complexity index is 337. The first-order valence-electron chi connectivity index (χ1n) is 5.25. The number of nitrogens with one attached hydrogen (secondary N) is 1. The third-order valence-corrected chi connectivity index (χ3v) is 2.43. The zero-order chi connectivity index (χ0) is 12.0. The summed E-state index contributed by atoms with van der Waals surface area (Å²) in [6.07, 6.45) is 0. The minimum atomic E-state index is -0.164. The van der Waals surface area contributed by atoms with Gasteiger partial charge in [0.2, 0.25) is 5.91 Å². The molecule has 0 unspecified atom stereocenters. The predicted octanol–water partition coefficient (Wildman–Crippen LogP) is 2.50. The lowest BCUT2D eigenvalue weighted by atomic mass is 10.1. The molecule has 0 heterocycles. The second-order valence-electron chi connectivity index (χ2n) is 3.42. The van der Waals surface area contributed by atoms with Crippen molar-refractivity contribution in [1.29, 1.82) is 0 Å². The van der Waals surface area contributed by atoms with E-state index in [2.05, 4.69) is 5.32 Å². The van der Waals surface area contributed by atoms with Crippen LogP contribution in [-0.2, 0) is 4.79 Å². The van der Waals surface area contributed by atoms with Gasteiger partial charge >= 0.3 is 0 Å². The van der Waals surface area contributed by atoms with E-state index in [1.807, 2.05) is 38.1 Å². The standard InChI is InChI=1S/C12H16ClNO2/c1-3-16-11-6-4-10(5-7-11)9(2)14-12(15)8-13/h4-7,9H,3,8H2,1-2H3,(H,14,15)/t9-/m0/s1. The van der Waals surface area contributed by atoms with Crippen LogP contribution in [-0.4, -0.2) is 18.4 Å². The molecule has 1 atom stereocenters. The third-order valence-electron chi connectivity index (χ3n) is 2.19. The van der Waals surface area contributed by atoms with E-state index in [1.165, 1.54) is 0 Å². The lowest BCUT2D eigenvalue weighted by Crippen LogP contribution is -2.27. The van der Waals surface area contributed by atoms with Gasteiger partial charge in [0, 0.05) is 0 Å². The third kappa shape index (κ3) is 3.74. The second kappa shape index (κ2) is 6.38. The van der Waals surface area contributed by atoms with E-state index in [9.17, 15) is 4.79 Å². The maximum Gasteiger partial charge on any atom is 0.235 e. The molecule has 0 fully saturated rings. The first-order valence-corrected chi connectivity index (χ1v) is 5.79. The number of rotatable bonds is 5. The number of hydrogen-bond acceptors (Lipinski definition) is 2. The quantitative estimate of drug-likeness (QED) is 0.805. The summed E-state index contributed by atoms with van der Waals surface area (Å²) >= 11 is 5.42. The first kappa shape index (κ1) is 12.8. The highest BCUT2D eigenvalue weighted by atomic mass is 35.5. The SMILES string of the molecule is CCOc1ccc([C@H](C)NC(=O)CCl)cc1. The fourth-order valence-electron chi connectivity index (χ4n) is 1.38.